The Morgan fingerprint density at radius 1 is 1.38 bits per heavy atom. The number of aromatic nitrogens is 3. The lowest BCUT2D eigenvalue weighted by atomic mass is 10.1. The van der Waals surface area contributed by atoms with Crippen LogP contribution in [-0.2, 0) is 10.4 Å². The number of primary amides is 1. The zero-order valence-electron chi connectivity index (χ0n) is 15.7. The van der Waals surface area contributed by atoms with Gasteiger partial charge in [0.05, 0.1) is 28.6 Å². The van der Waals surface area contributed by atoms with Crippen molar-refractivity contribution in [2.75, 3.05) is 12.9 Å². The molecule has 11 heteroatoms. The molecule has 3 rings (SSSR count). The number of thioether (sulfide) groups is 1. The van der Waals surface area contributed by atoms with Crippen LogP contribution in [0.15, 0.2) is 23.4 Å². The van der Waals surface area contributed by atoms with Gasteiger partial charge in [0, 0.05) is 6.20 Å². The summed E-state index contributed by atoms with van der Waals surface area (Å²) in [5, 5.41) is 10.6. The molecule has 0 saturated heterocycles. The number of carbonyl (C=O) groups excluding carboxylic acids is 2. The number of rotatable bonds is 7. The molecule has 1 amide bonds. The number of hydrogen-bond acceptors (Lipinski definition) is 9. The van der Waals surface area contributed by atoms with E-state index >= 15 is 0 Å². The van der Waals surface area contributed by atoms with Crippen LogP contribution in [0.2, 0.25) is 0 Å². The van der Waals surface area contributed by atoms with Gasteiger partial charge in [-0.1, -0.05) is 11.8 Å². The Hall–Kier alpha value is -2.63. The van der Waals surface area contributed by atoms with Crippen molar-refractivity contribution in [3.8, 4) is 5.75 Å². The number of hydrogen-bond donors (Lipinski definition) is 2. The maximum absolute atomic E-state index is 14.7. The Kier molecular flexibility index (Phi) is 5.82. The lowest BCUT2D eigenvalue weighted by Gasteiger charge is -2.15. The Morgan fingerprint density at radius 2 is 2.10 bits per heavy atom. The summed E-state index contributed by atoms with van der Waals surface area (Å²) in [7, 11) is 1.36. The van der Waals surface area contributed by atoms with Gasteiger partial charge in [0.2, 0.25) is 0 Å². The molecule has 0 aliphatic carbocycles. The van der Waals surface area contributed by atoms with Gasteiger partial charge in [-0.2, -0.15) is 0 Å². The summed E-state index contributed by atoms with van der Waals surface area (Å²) in [6, 6.07) is 3.10. The first-order valence-corrected chi connectivity index (χ1v) is 10.1. The summed E-state index contributed by atoms with van der Waals surface area (Å²) in [6.45, 7) is 2.89. The van der Waals surface area contributed by atoms with Crippen molar-refractivity contribution in [3.05, 3.63) is 39.9 Å². The molecule has 0 aliphatic rings. The first kappa shape index (κ1) is 21.1. The molecular weight excluding hydrogens is 419 g/mol. The first-order chi connectivity index (χ1) is 13.6. The van der Waals surface area contributed by atoms with Crippen LogP contribution in [-0.4, -0.2) is 44.6 Å². The molecule has 0 radical (unpaired) electrons. The fraction of sp³-hybridized carbons (Fsp3) is 0.278. The van der Waals surface area contributed by atoms with E-state index in [2.05, 4.69) is 15.0 Å². The second kappa shape index (κ2) is 8.01. The molecule has 29 heavy (non-hydrogen) atoms. The fourth-order valence-corrected chi connectivity index (χ4v) is 4.40. The van der Waals surface area contributed by atoms with Gasteiger partial charge in [-0.25, -0.2) is 19.3 Å². The number of fused-ring (bicyclic) bond motifs is 1. The SMILES string of the molecule is COc1ccc2nc(C)nc(SCC(=O)c3cnc(C(C)(O)C(N)=O)s3)c2c1F. The molecule has 1 aromatic carbocycles. The van der Waals surface area contributed by atoms with Crippen molar-refractivity contribution in [1.29, 1.82) is 0 Å². The number of carbonyl (C=O) groups is 2. The minimum atomic E-state index is -1.96. The molecule has 0 spiro atoms. The average Bonchev–Trinajstić information content (AvgIpc) is 3.17. The van der Waals surface area contributed by atoms with Crippen LogP contribution >= 0.6 is 23.1 Å². The van der Waals surface area contributed by atoms with Crippen molar-refractivity contribution >= 4 is 45.7 Å². The number of nitrogens with zero attached hydrogens (tertiary/aromatic N) is 3. The largest absolute Gasteiger partial charge is 0.494 e. The van der Waals surface area contributed by atoms with Gasteiger partial charge in [-0.15, -0.1) is 11.3 Å². The molecular formula is C18H17FN4O4S2. The number of methoxy groups -OCH3 is 1. The molecule has 3 aromatic rings. The number of aliphatic hydroxyl groups is 1. The highest BCUT2D eigenvalue weighted by atomic mass is 32.2. The van der Waals surface area contributed by atoms with Crippen LogP contribution in [0.5, 0.6) is 5.75 Å². The maximum Gasteiger partial charge on any atom is 0.256 e. The minimum Gasteiger partial charge on any atom is -0.494 e. The van der Waals surface area contributed by atoms with Crippen LogP contribution in [0.1, 0.15) is 27.4 Å². The van der Waals surface area contributed by atoms with Crippen molar-refractivity contribution in [2.45, 2.75) is 24.5 Å². The number of amides is 1. The quantitative estimate of drug-likeness (QED) is 0.328. The average molecular weight is 436 g/mol. The van der Waals surface area contributed by atoms with Gasteiger partial charge >= 0.3 is 0 Å². The number of nitrogens with two attached hydrogens (primary N) is 1. The number of thiazole rings is 1. The van der Waals surface area contributed by atoms with E-state index in [-0.39, 0.29) is 32.6 Å². The van der Waals surface area contributed by atoms with E-state index in [0.717, 1.165) is 23.1 Å². The summed E-state index contributed by atoms with van der Waals surface area (Å²) >= 11 is 1.93. The zero-order chi connectivity index (χ0) is 21.3. The van der Waals surface area contributed by atoms with Crippen molar-refractivity contribution < 1.29 is 23.8 Å². The predicted octanol–water partition coefficient (Wildman–Crippen LogP) is 2.21. The van der Waals surface area contributed by atoms with Crippen LogP contribution in [0.4, 0.5) is 4.39 Å². The van der Waals surface area contributed by atoms with Gasteiger partial charge in [0.25, 0.3) is 5.91 Å². The van der Waals surface area contributed by atoms with E-state index in [1.807, 2.05) is 0 Å². The normalized spacial score (nSPS) is 13.3. The van der Waals surface area contributed by atoms with Gasteiger partial charge < -0.3 is 15.6 Å². The number of benzene rings is 1. The Balaban J connectivity index is 1.87. The monoisotopic (exact) mass is 436 g/mol. The fourth-order valence-electron chi connectivity index (χ4n) is 2.45. The summed E-state index contributed by atoms with van der Waals surface area (Å²) in [5.74, 6) is -1.44. The van der Waals surface area contributed by atoms with Crippen LogP contribution in [0, 0.1) is 12.7 Å². The lowest BCUT2D eigenvalue weighted by Crippen LogP contribution is -2.38. The molecule has 1 atom stereocenters. The smallest absolute Gasteiger partial charge is 0.256 e. The third-order valence-electron chi connectivity index (χ3n) is 4.08. The van der Waals surface area contributed by atoms with Crippen molar-refractivity contribution in [2.24, 2.45) is 5.73 Å². The molecule has 1 unspecified atom stereocenters. The highest BCUT2D eigenvalue weighted by Gasteiger charge is 2.34. The summed E-state index contributed by atoms with van der Waals surface area (Å²) in [5.41, 5.74) is 3.60. The number of ether oxygens (including phenoxy) is 1. The molecule has 8 nitrogen and oxygen atoms in total. The number of halogens is 1. The molecule has 3 N–H and O–H groups in total. The molecule has 0 bridgehead atoms. The highest BCUT2D eigenvalue weighted by molar-refractivity contribution is 8.00. The van der Waals surface area contributed by atoms with Crippen LogP contribution in [0.3, 0.4) is 0 Å². The summed E-state index contributed by atoms with van der Waals surface area (Å²) in [4.78, 5) is 36.5. The van der Waals surface area contributed by atoms with Crippen LogP contribution in [0.25, 0.3) is 10.9 Å². The Bertz CT molecular complexity index is 1120. The summed E-state index contributed by atoms with van der Waals surface area (Å²) in [6.07, 6.45) is 1.27. The van der Waals surface area contributed by atoms with E-state index in [0.29, 0.717) is 16.4 Å². The second-order valence-electron chi connectivity index (χ2n) is 6.23. The van der Waals surface area contributed by atoms with E-state index in [4.69, 9.17) is 10.5 Å². The van der Waals surface area contributed by atoms with Crippen molar-refractivity contribution in [1.82, 2.24) is 15.0 Å². The lowest BCUT2D eigenvalue weighted by molar-refractivity contribution is -0.135. The third-order valence-corrected chi connectivity index (χ3v) is 6.31. The Morgan fingerprint density at radius 3 is 2.76 bits per heavy atom. The standard InChI is InChI=1S/C18H17FN4O4S2/c1-8-22-9-4-5-11(27-3)14(19)13(9)15(23-8)28-7-10(24)12-6-21-17(29-12)18(2,26)16(20)25/h4-6,26H,7H2,1-3H3,(H2,20,25). The molecule has 0 fully saturated rings. The maximum atomic E-state index is 14.7. The van der Waals surface area contributed by atoms with E-state index in [9.17, 15) is 19.1 Å². The Labute approximate surface area is 173 Å². The highest BCUT2D eigenvalue weighted by Crippen LogP contribution is 2.33. The van der Waals surface area contributed by atoms with Crippen LogP contribution < -0.4 is 10.5 Å². The van der Waals surface area contributed by atoms with Gasteiger partial charge in [-0.05, 0) is 26.0 Å². The number of aryl methyl sites for hydroxylation is 1. The molecule has 152 valence electrons. The molecule has 2 aromatic heterocycles. The molecule has 2 heterocycles. The molecule has 0 aliphatic heterocycles. The van der Waals surface area contributed by atoms with Gasteiger partial charge in [-0.3, -0.25) is 9.59 Å². The topological polar surface area (TPSA) is 128 Å². The zero-order valence-corrected chi connectivity index (χ0v) is 17.4. The van der Waals surface area contributed by atoms with Gasteiger partial charge in [0.1, 0.15) is 15.9 Å². The summed E-state index contributed by atoms with van der Waals surface area (Å²) < 4.78 is 19.7. The van der Waals surface area contributed by atoms with Crippen molar-refractivity contribution in [3.63, 3.8) is 0 Å². The third kappa shape index (κ3) is 4.07. The number of ketones is 1. The molecule has 0 saturated carbocycles. The first-order valence-electron chi connectivity index (χ1n) is 8.30. The predicted molar refractivity (Wildman–Crippen MR) is 107 cm³/mol. The number of Topliss-reactive ketones (excluding diaryl/α,β-unsaturated/α-hetero) is 1. The van der Waals surface area contributed by atoms with E-state index in [1.165, 1.54) is 26.3 Å². The van der Waals surface area contributed by atoms with Gasteiger partial charge in [0.15, 0.2) is 23.0 Å². The van der Waals surface area contributed by atoms with E-state index < -0.39 is 17.3 Å². The van der Waals surface area contributed by atoms with E-state index in [1.54, 1.807) is 13.0 Å². The second-order valence-corrected chi connectivity index (χ2v) is 8.22. The minimum absolute atomic E-state index is 0.0254.